The first-order chi connectivity index (χ1) is 10.3. The molecule has 0 radical (unpaired) electrons. The number of benzene rings is 1. The summed E-state index contributed by atoms with van der Waals surface area (Å²) in [5.41, 5.74) is 0.556. The number of rotatable bonds is 2. The minimum absolute atomic E-state index is 0.0254. The van der Waals surface area contributed by atoms with Gasteiger partial charge in [0.15, 0.2) is 9.84 Å². The van der Waals surface area contributed by atoms with Gasteiger partial charge in [-0.05, 0) is 36.8 Å². The summed E-state index contributed by atoms with van der Waals surface area (Å²) in [6, 6.07) is 4.45. The van der Waals surface area contributed by atoms with Crippen LogP contribution in [0.25, 0.3) is 0 Å². The maximum Gasteiger partial charge on any atom is 0.321 e. The average Bonchev–Trinajstić information content (AvgIpc) is 2.82. The molecule has 120 valence electrons. The second-order valence-electron chi connectivity index (χ2n) is 6.34. The van der Waals surface area contributed by atoms with Gasteiger partial charge in [0, 0.05) is 19.3 Å². The van der Waals surface area contributed by atoms with Crippen LogP contribution in [0.1, 0.15) is 25.7 Å². The number of nitrogens with one attached hydrogen (secondary N) is 1. The van der Waals surface area contributed by atoms with Crippen LogP contribution < -0.4 is 5.32 Å². The van der Waals surface area contributed by atoms with Crippen LogP contribution >= 0.6 is 11.6 Å². The van der Waals surface area contributed by atoms with Crippen molar-refractivity contribution in [1.82, 2.24) is 4.90 Å². The molecule has 1 aliphatic heterocycles. The topological polar surface area (TPSA) is 66.5 Å². The number of hydrogen-bond acceptors (Lipinski definition) is 3. The van der Waals surface area contributed by atoms with Gasteiger partial charge < -0.3 is 10.2 Å². The van der Waals surface area contributed by atoms with Gasteiger partial charge >= 0.3 is 6.03 Å². The van der Waals surface area contributed by atoms with Crippen molar-refractivity contribution in [2.75, 3.05) is 24.7 Å². The Kier molecular flexibility index (Phi) is 3.85. The van der Waals surface area contributed by atoms with Crippen LogP contribution in [0.5, 0.6) is 0 Å². The number of halogens is 1. The average molecular weight is 343 g/mol. The zero-order valence-corrected chi connectivity index (χ0v) is 14.0. The van der Waals surface area contributed by atoms with Gasteiger partial charge in [0.25, 0.3) is 0 Å². The lowest BCUT2D eigenvalue weighted by Gasteiger charge is -2.37. The fourth-order valence-electron chi connectivity index (χ4n) is 3.37. The zero-order valence-electron chi connectivity index (χ0n) is 12.4. The zero-order chi connectivity index (χ0) is 16.0. The number of carbonyl (C=O) groups is 1. The van der Waals surface area contributed by atoms with Gasteiger partial charge in [-0.1, -0.05) is 24.1 Å². The van der Waals surface area contributed by atoms with Crippen molar-refractivity contribution < 1.29 is 13.2 Å². The molecule has 0 aromatic heterocycles. The van der Waals surface area contributed by atoms with E-state index in [1.807, 2.05) is 0 Å². The number of likely N-dealkylation sites (tertiary alicyclic amines) is 1. The molecule has 0 atom stereocenters. The molecule has 5 nitrogen and oxygen atoms in total. The molecule has 3 rings (SSSR count). The first-order valence-electron chi connectivity index (χ1n) is 7.35. The van der Waals surface area contributed by atoms with Crippen LogP contribution in [0, 0.1) is 5.41 Å². The normalized spacial score (nSPS) is 20.0. The molecule has 22 heavy (non-hydrogen) atoms. The minimum atomic E-state index is -3.51. The van der Waals surface area contributed by atoms with Gasteiger partial charge in [0.05, 0.1) is 10.7 Å². The Morgan fingerprint density at radius 2 is 2.05 bits per heavy atom. The van der Waals surface area contributed by atoms with Gasteiger partial charge in [-0.15, -0.1) is 0 Å². The number of hydrogen-bond donors (Lipinski definition) is 1. The molecule has 2 fully saturated rings. The highest BCUT2D eigenvalue weighted by Gasteiger charge is 2.44. The van der Waals surface area contributed by atoms with E-state index in [-0.39, 0.29) is 21.6 Å². The standard InChI is InChI=1S/C15H19ClN2O3S/c1-22(20,21)13-11(16)4-2-5-12(13)17-14(19)18-9-8-15(10-18)6-3-7-15/h2,4-5H,3,6-10H2,1H3,(H,17,19). The Balaban J connectivity index is 1.79. The molecule has 0 bridgehead atoms. The maximum absolute atomic E-state index is 12.4. The van der Waals surface area contributed by atoms with Gasteiger partial charge in [-0.2, -0.15) is 0 Å². The second kappa shape index (κ2) is 5.42. The first-order valence-corrected chi connectivity index (χ1v) is 9.62. The van der Waals surface area contributed by atoms with Crippen LogP contribution in [0.15, 0.2) is 23.1 Å². The molecule has 2 aliphatic rings. The largest absolute Gasteiger partial charge is 0.324 e. The Hall–Kier alpha value is -1.27. The second-order valence-corrected chi connectivity index (χ2v) is 8.70. The minimum Gasteiger partial charge on any atom is -0.324 e. The maximum atomic E-state index is 12.4. The Bertz CT molecular complexity index is 713. The third-order valence-electron chi connectivity index (χ3n) is 4.72. The molecule has 1 spiro atoms. The molecule has 2 amide bonds. The number of carbonyl (C=O) groups excluding carboxylic acids is 1. The van der Waals surface area contributed by atoms with E-state index < -0.39 is 9.84 Å². The number of nitrogens with zero attached hydrogens (tertiary/aromatic N) is 1. The third-order valence-corrected chi connectivity index (χ3v) is 6.33. The number of sulfone groups is 1. The molecule has 1 N–H and O–H groups in total. The van der Waals surface area contributed by atoms with E-state index in [9.17, 15) is 13.2 Å². The fraction of sp³-hybridized carbons (Fsp3) is 0.533. The molecule has 1 aliphatic carbocycles. The van der Waals surface area contributed by atoms with E-state index in [0.717, 1.165) is 25.8 Å². The summed E-state index contributed by atoms with van der Waals surface area (Å²) >= 11 is 5.99. The Morgan fingerprint density at radius 1 is 1.32 bits per heavy atom. The highest BCUT2D eigenvalue weighted by atomic mass is 35.5. The van der Waals surface area contributed by atoms with Crippen LogP contribution in [-0.4, -0.2) is 38.7 Å². The van der Waals surface area contributed by atoms with E-state index in [1.165, 1.54) is 25.3 Å². The molecular formula is C15H19ClN2O3S. The quantitative estimate of drug-likeness (QED) is 0.897. The van der Waals surface area contributed by atoms with Crippen LogP contribution in [-0.2, 0) is 9.84 Å². The Morgan fingerprint density at radius 3 is 2.59 bits per heavy atom. The third kappa shape index (κ3) is 2.82. The smallest absolute Gasteiger partial charge is 0.321 e. The van der Waals surface area contributed by atoms with E-state index >= 15 is 0 Å². The first kappa shape index (κ1) is 15.6. The molecule has 0 unspecified atom stereocenters. The van der Waals surface area contributed by atoms with E-state index in [2.05, 4.69) is 5.32 Å². The van der Waals surface area contributed by atoms with Crippen LogP contribution in [0.3, 0.4) is 0 Å². The highest BCUT2D eigenvalue weighted by Crippen LogP contribution is 2.48. The van der Waals surface area contributed by atoms with Crippen molar-refractivity contribution in [3.8, 4) is 0 Å². The monoisotopic (exact) mass is 342 g/mol. The molecule has 1 heterocycles. The van der Waals surface area contributed by atoms with Crippen molar-refractivity contribution in [1.29, 1.82) is 0 Å². The summed E-state index contributed by atoms with van der Waals surface area (Å²) in [5.74, 6) is 0. The summed E-state index contributed by atoms with van der Waals surface area (Å²) in [7, 11) is -3.51. The number of anilines is 1. The predicted molar refractivity (Wildman–Crippen MR) is 86.1 cm³/mol. The summed E-state index contributed by atoms with van der Waals surface area (Å²) in [6.07, 6.45) is 5.73. The van der Waals surface area contributed by atoms with E-state index in [1.54, 1.807) is 17.0 Å². The van der Waals surface area contributed by atoms with E-state index in [0.29, 0.717) is 5.41 Å². The van der Waals surface area contributed by atoms with Gasteiger partial charge in [0.1, 0.15) is 4.90 Å². The lowest BCUT2D eigenvalue weighted by atomic mass is 9.68. The summed E-state index contributed by atoms with van der Waals surface area (Å²) < 4.78 is 23.8. The van der Waals surface area contributed by atoms with Crippen LogP contribution in [0.4, 0.5) is 10.5 Å². The van der Waals surface area contributed by atoms with Gasteiger partial charge in [0.2, 0.25) is 0 Å². The fourth-order valence-corrected chi connectivity index (χ4v) is 4.91. The lowest BCUT2D eigenvalue weighted by Crippen LogP contribution is -2.38. The molecule has 1 aromatic carbocycles. The summed E-state index contributed by atoms with van der Waals surface area (Å²) in [6.45, 7) is 1.48. The van der Waals surface area contributed by atoms with Crippen molar-refractivity contribution in [2.45, 2.75) is 30.6 Å². The van der Waals surface area contributed by atoms with Crippen molar-refractivity contribution in [3.63, 3.8) is 0 Å². The lowest BCUT2D eigenvalue weighted by molar-refractivity contribution is 0.144. The van der Waals surface area contributed by atoms with Crippen molar-refractivity contribution >= 4 is 33.2 Å². The highest BCUT2D eigenvalue weighted by molar-refractivity contribution is 7.91. The van der Waals surface area contributed by atoms with Gasteiger partial charge in [-0.25, -0.2) is 13.2 Å². The summed E-state index contributed by atoms with van der Waals surface area (Å²) in [4.78, 5) is 14.2. The molecule has 1 saturated carbocycles. The molecule has 7 heteroatoms. The molecule has 1 aromatic rings. The number of amides is 2. The SMILES string of the molecule is CS(=O)(=O)c1c(Cl)cccc1NC(=O)N1CCC2(CCC2)C1. The number of urea groups is 1. The molecule has 1 saturated heterocycles. The molecular weight excluding hydrogens is 324 g/mol. The van der Waals surface area contributed by atoms with Crippen molar-refractivity contribution in [2.24, 2.45) is 5.41 Å². The Labute approximate surface area is 135 Å². The predicted octanol–water partition coefficient (Wildman–Crippen LogP) is 3.15. The van der Waals surface area contributed by atoms with E-state index in [4.69, 9.17) is 11.6 Å². The van der Waals surface area contributed by atoms with Crippen LogP contribution in [0.2, 0.25) is 5.02 Å². The van der Waals surface area contributed by atoms with Crippen molar-refractivity contribution in [3.05, 3.63) is 23.2 Å². The summed E-state index contributed by atoms with van der Waals surface area (Å²) in [5, 5.41) is 2.83. The van der Waals surface area contributed by atoms with Gasteiger partial charge in [-0.3, -0.25) is 0 Å².